The summed E-state index contributed by atoms with van der Waals surface area (Å²) in [6.45, 7) is 2.49. The molecular formula is C18H24N4O4. The molecule has 3 heterocycles. The number of hydrogen-bond acceptors (Lipinski definition) is 6. The van der Waals surface area contributed by atoms with Gasteiger partial charge in [-0.25, -0.2) is 14.3 Å². The number of aromatic nitrogens is 3. The summed E-state index contributed by atoms with van der Waals surface area (Å²) in [4.78, 5) is 26.1. The maximum atomic E-state index is 12.3. The molecule has 0 aromatic carbocycles. The maximum absolute atomic E-state index is 12.3. The second kappa shape index (κ2) is 6.75. The van der Waals surface area contributed by atoms with E-state index in [2.05, 4.69) is 14.7 Å². The van der Waals surface area contributed by atoms with Gasteiger partial charge in [-0.3, -0.25) is 9.47 Å². The fourth-order valence-corrected chi connectivity index (χ4v) is 3.70. The van der Waals surface area contributed by atoms with Gasteiger partial charge in [0, 0.05) is 19.0 Å². The molecule has 2 aromatic heterocycles. The van der Waals surface area contributed by atoms with E-state index in [1.807, 2.05) is 10.6 Å². The molecule has 2 aromatic rings. The second-order valence-corrected chi connectivity index (χ2v) is 7.17. The Hall–Kier alpha value is -2.35. The summed E-state index contributed by atoms with van der Waals surface area (Å²) in [6, 6.07) is 3.82. The normalized spacial score (nSPS) is 19.0. The van der Waals surface area contributed by atoms with Crippen LogP contribution in [0.25, 0.3) is 0 Å². The average Bonchev–Trinajstić information content (AvgIpc) is 3.30. The Morgan fingerprint density at radius 3 is 2.65 bits per heavy atom. The number of furan rings is 1. The van der Waals surface area contributed by atoms with Crippen molar-refractivity contribution in [3.63, 3.8) is 0 Å². The smallest absolute Gasteiger partial charge is 0.373 e. The van der Waals surface area contributed by atoms with Crippen LogP contribution in [-0.4, -0.2) is 45.4 Å². The quantitative estimate of drug-likeness (QED) is 0.755. The molecule has 2 aliphatic rings. The average molecular weight is 360 g/mol. The lowest BCUT2D eigenvalue weighted by atomic mass is 9.96. The van der Waals surface area contributed by atoms with E-state index in [1.54, 1.807) is 13.1 Å². The number of piperidine rings is 1. The first kappa shape index (κ1) is 17.1. The van der Waals surface area contributed by atoms with E-state index in [4.69, 9.17) is 4.42 Å². The van der Waals surface area contributed by atoms with Crippen LogP contribution in [0.5, 0.6) is 0 Å². The molecule has 0 spiro atoms. The van der Waals surface area contributed by atoms with Gasteiger partial charge in [0.15, 0.2) is 0 Å². The molecule has 1 aliphatic carbocycles. The van der Waals surface area contributed by atoms with Crippen LogP contribution in [0.4, 0.5) is 0 Å². The Balaban J connectivity index is 1.39. The number of rotatable bonds is 5. The summed E-state index contributed by atoms with van der Waals surface area (Å²) in [5.74, 6) is 1.81. The predicted octanol–water partition coefficient (Wildman–Crippen LogP) is 1.68. The van der Waals surface area contributed by atoms with E-state index in [-0.39, 0.29) is 11.4 Å². The molecule has 8 heteroatoms. The summed E-state index contributed by atoms with van der Waals surface area (Å²) < 4.78 is 13.6. The third kappa shape index (κ3) is 3.21. The van der Waals surface area contributed by atoms with Crippen LogP contribution in [0, 0.1) is 0 Å². The highest BCUT2D eigenvalue weighted by atomic mass is 16.5. The van der Waals surface area contributed by atoms with Crippen LogP contribution in [0.3, 0.4) is 0 Å². The van der Waals surface area contributed by atoms with E-state index < -0.39 is 5.97 Å². The minimum Gasteiger partial charge on any atom is -0.463 e. The molecule has 1 saturated heterocycles. The van der Waals surface area contributed by atoms with Crippen molar-refractivity contribution in [2.24, 2.45) is 7.05 Å². The van der Waals surface area contributed by atoms with E-state index >= 15 is 0 Å². The van der Waals surface area contributed by atoms with Crippen molar-refractivity contribution in [2.45, 2.75) is 44.2 Å². The highest BCUT2D eigenvalue weighted by Gasteiger charge is 2.33. The molecule has 0 bridgehead atoms. The van der Waals surface area contributed by atoms with Gasteiger partial charge in [-0.15, -0.1) is 0 Å². The maximum Gasteiger partial charge on any atom is 0.373 e. The first-order valence-electron chi connectivity index (χ1n) is 9.11. The molecule has 2 fully saturated rings. The van der Waals surface area contributed by atoms with Crippen molar-refractivity contribution >= 4 is 5.97 Å². The predicted molar refractivity (Wildman–Crippen MR) is 93.0 cm³/mol. The molecule has 0 atom stereocenters. The Bertz CT molecular complexity index is 853. The lowest BCUT2D eigenvalue weighted by Crippen LogP contribution is -2.33. The van der Waals surface area contributed by atoms with E-state index in [0.717, 1.165) is 50.4 Å². The van der Waals surface area contributed by atoms with E-state index in [9.17, 15) is 9.59 Å². The number of carbonyl (C=O) groups is 1. The van der Waals surface area contributed by atoms with Crippen LogP contribution in [0.2, 0.25) is 0 Å². The van der Waals surface area contributed by atoms with Crippen molar-refractivity contribution in [3.05, 3.63) is 40.0 Å². The fourth-order valence-electron chi connectivity index (χ4n) is 3.70. The molecule has 1 aliphatic heterocycles. The van der Waals surface area contributed by atoms with Crippen LogP contribution in [-0.2, 0) is 18.3 Å². The highest BCUT2D eigenvalue weighted by molar-refractivity contribution is 5.86. The summed E-state index contributed by atoms with van der Waals surface area (Å²) in [6.07, 6.45) is 4.10. The van der Waals surface area contributed by atoms with Gasteiger partial charge in [0.25, 0.3) is 0 Å². The Labute approximate surface area is 151 Å². The van der Waals surface area contributed by atoms with Gasteiger partial charge in [0.1, 0.15) is 11.6 Å². The van der Waals surface area contributed by atoms with Gasteiger partial charge in [0.05, 0.1) is 13.7 Å². The zero-order chi connectivity index (χ0) is 18.3. The lowest BCUT2D eigenvalue weighted by molar-refractivity contribution is 0.0560. The Kier molecular flexibility index (Phi) is 4.44. The van der Waals surface area contributed by atoms with Crippen LogP contribution < -0.4 is 5.69 Å². The zero-order valence-electron chi connectivity index (χ0n) is 15.2. The van der Waals surface area contributed by atoms with Crippen LogP contribution in [0.1, 0.15) is 59.8 Å². The molecule has 0 N–H and O–H groups in total. The molecule has 140 valence electrons. The molecule has 0 radical (unpaired) electrons. The van der Waals surface area contributed by atoms with Crippen LogP contribution >= 0.6 is 0 Å². The topological polar surface area (TPSA) is 82.5 Å². The summed E-state index contributed by atoms with van der Waals surface area (Å²) >= 11 is 0. The molecule has 1 saturated carbocycles. The van der Waals surface area contributed by atoms with Crippen LogP contribution in [0.15, 0.2) is 21.3 Å². The third-order valence-electron chi connectivity index (χ3n) is 5.27. The number of likely N-dealkylation sites (tertiary alicyclic amines) is 1. The number of aryl methyl sites for hydroxylation is 1. The third-order valence-corrected chi connectivity index (χ3v) is 5.27. The van der Waals surface area contributed by atoms with Crippen molar-refractivity contribution in [1.29, 1.82) is 0 Å². The van der Waals surface area contributed by atoms with Crippen molar-refractivity contribution in [3.8, 4) is 0 Å². The van der Waals surface area contributed by atoms with Gasteiger partial charge in [-0.1, -0.05) is 0 Å². The molecule has 0 unspecified atom stereocenters. The number of methoxy groups -OCH3 is 1. The van der Waals surface area contributed by atoms with Gasteiger partial charge < -0.3 is 9.15 Å². The van der Waals surface area contributed by atoms with Gasteiger partial charge in [-0.2, -0.15) is 5.10 Å². The summed E-state index contributed by atoms with van der Waals surface area (Å²) in [7, 11) is 3.07. The number of ether oxygens (including phenoxy) is 1. The molecule has 4 rings (SSSR count). The number of esters is 1. The summed E-state index contributed by atoms with van der Waals surface area (Å²) in [5.41, 5.74) is 0.0101. The molecule has 26 heavy (non-hydrogen) atoms. The number of carbonyl (C=O) groups excluding carboxylic acids is 1. The molecule has 8 nitrogen and oxygen atoms in total. The molecule has 0 amide bonds. The Morgan fingerprint density at radius 1 is 1.27 bits per heavy atom. The van der Waals surface area contributed by atoms with Crippen molar-refractivity contribution in [1.82, 2.24) is 19.2 Å². The minimum absolute atomic E-state index is 0.0101. The summed E-state index contributed by atoms with van der Waals surface area (Å²) in [5, 5.41) is 4.51. The minimum atomic E-state index is -0.455. The van der Waals surface area contributed by atoms with E-state index in [1.165, 1.54) is 11.8 Å². The lowest BCUT2D eigenvalue weighted by Gasteiger charge is -2.30. The SMILES string of the molecule is COC(=O)c1ccc(CN2CCC(c3nn(C)c(=O)n3C3CC3)CC2)o1. The fraction of sp³-hybridized carbons (Fsp3) is 0.611. The Morgan fingerprint density at radius 2 is 2.00 bits per heavy atom. The largest absolute Gasteiger partial charge is 0.463 e. The first-order valence-corrected chi connectivity index (χ1v) is 9.11. The number of nitrogens with zero attached hydrogens (tertiary/aromatic N) is 4. The van der Waals surface area contributed by atoms with Crippen molar-refractivity contribution in [2.75, 3.05) is 20.2 Å². The monoisotopic (exact) mass is 360 g/mol. The van der Waals surface area contributed by atoms with E-state index in [0.29, 0.717) is 18.5 Å². The second-order valence-electron chi connectivity index (χ2n) is 7.17. The van der Waals surface area contributed by atoms with Gasteiger partial charge in [0.2, 0.25) is 5.76 Å². The number of hydrogen-bond donors (Lipinski definition) is 0. The highest BCUT2D eigenvalue weighted by Crippen LogP contribution is 2.37. The van der Waals surface area contributed by atoms with Gasteiger partial charge >= 0.3 is 11.7 Å². The first-order chi connectivity index (χ1) is 12.6. The van der Waals surface area contributed by atoms with Crippen molar-refractivity contribution < 1.29 is 13.9 Å². The van der Waals surface area contributed by atoms with Gasteiger partial charge in [-0.05, 0) is 50.9 Å². The zero-order valence-corrected chi connectivity index (χ0v) is 15.2. The molecular weight excluding hydrogens is 336 g/mol. The standard InChI is InChI=1S/C18H24N4O4/c1-20-18(24)22(13-3-4-13)16(19-20)12-7-9-21(10-8-12)11-14-5-6-15(26-14)17(23)25-2/h5-6,12-13H,3-4,7-11H2,1-2H3.